The molecule has 4 heteroatoms. The van der Waals surface area contributed by atoms with Crippen LogP contribution in [0.4, 0.5) is 0 Å². The molecule has 0 aromatic rings. The van der Waals surface area contributed by atoms with Gasteiger partial charge >= 0.3 is 56.6 Å². The molecule has 0 nitrogen and oxygen atoms in total. The van der Waals surface area contributed by atoms with Crippen LogP contribution in [0.3, 0.4) is 0 Å². The molecule has 0 saturated heterocycles. The third-order valence-corrected chi connectivity index (χ3v) is 0. The van der Waals surface area contributed by atoms with Gasteiger partial charge in [-0.1, -0.05) is 0 Å². The monoisotopic (exact) mass is 428 g/mol. The van der Waals surface area contributed by atoms with Crippen LogP contribution >= 0.6 is 0 Å². The second-order valence-electron chi connectivity index (χ2n) is 0. The minimum absolute atomic E-state index is 0. The molecule has 0 rings (SSSR count). The van der Waals surface area contributed by atoms with Crippen LogP contribution in [0, 0.1) is 0 Å². The van der Waals surface area contributed by atoms with Crippen LogP contribution in [0.5, 0.6) is 0 Å². The van der Waals surface area contributed by atoms with E-state index < -0.39 is 0 Å². The van der Waals surface area contributed by atoms with Crippen molar-refractivity contribution in [2.24, 2.45) is 0 Å². The van der Waals surface area contributed by atoms with Crippen LogP contribution < -0.4 is 0 Å². The summed E-state index contributed by atoms with van der Waals surface area (Å²) in [5, 5.41) is 0. The molecule has 0 amide bonds. The zero-order valence-electron chi connectivity index (χ0n) is 2.51. The Hall–Kier alpha value is 2.45. The van der Waals surface area contributed by atoms with Crippen molar-refractivity contribution < 1.29 is 17.1 Å². The molecule has 0 aromatic heterocycles. The Morgan fingerprint density at radius 1 is 1.25 bits per heavy atom. The molecule has 0 aliphatic carbocycles. The van der Waals surface area contributed by atoms with E-state index in [4.69, 9.17) is 0 Å². The van der Waals surface area contributed by atoms with E-state index in [0.717, 1.165) is 0 Å². The Kier molecular flexibility index (Phi) is 72.4. The second-order valence-corrected chi connectivity index (χ2v) is 0. The van der Waals surface area contributed by atoms with E-state index in [9.17, 15) is 0 Å². The quantitative estimate of drug-likeness (QED) is 0.370. The molecular formula is H6FePbSiTe. The maximum atomic E-state index is 1.89. The van der Waals surface area contributed by atoms with Crippen molar-refractivity contribution in [3.05, 3.63) is 0 Å². The molecule has 0 saturated carbocycles. The van der Waals surface area contributed by atoms with Gasteiger partial charge in [-0.3, -0.25) is 0 Å². The van der Waals surface area contributed by atoms with Gasteiger partial charge in [0, 0.05) is 17.1 Å². The van der Waals surface area contributed by atoms with Gasteiger partial charge in [0.15, 0.2) is 0 Å². The minimum atomic E-state index is 0. The summed E-state index contributed by atoms with van der Waals surface area (Å²) in [6, 6.07) is 0. The van der Waals surface area contributed by atoms with Gasteiger partial charge in [0.25, 0.3) is 0 Å². The predicted octanol–water partition coefficient (Wildman–Crippen LogP) is -2.75. The van der Waals surface area contributed by atoms with Crippen LogP contribution in [0.15, 0.2) is 0 Å². The Balaban J connectivity index is -0.00000000500. The van der Waals surface area contributed by atoms with E-state index in [-0.39, 0.29) is 44.4 Å². The van der Waals surface area contributed by atoms with Crippen LogP contribution in [0.2, 0.25) is 0 Å². The van der Waals surface area contributed by atoms with Crippen molar-refractivity contribution >= 4 is 56.6 Å². The third-order valence-electron chi connectivity index (χ3n) is 0. The molecule has 0 fully saturated rings. The topological polar surface area (TPSA) is 0 Å². The summed E-state index contributed by atoms with van der Waals surface area (Å²) in [6.45, 7) is 0. The SMILES string of the molecule is [Fe].[PbH2].[SiH3][TeH]. The summed E-state index contributed by atoms with van der Waals surface area (Å²) in [4.78, 5) is 0. The fourth-order valence-electron chi connectivity index (χ4n) is 0. The van der Waals surface area contributed by atoms with E-state index in [1.54, 1.807) is 0 Å². The molecule has 0 heterocycles. The molecule has 0 aliphatic rings. The summed E-state index contributed by atoms with van der Waals surface area (Å²) >= 11 is 1.89. The Morgan fingerprint density at radius 2 is 1.25 bits per heavy atom. The first kappa shape index (κ1) is 16.1. The van der Waals surface area contributed by atoms with Gasteiger partial charge in [-0.2, -0.15) is 0 Å². The first-order valence-corrected chi connectivity index (χ1v) is 9.00. The van der Waals surface area contributed by atoms with Gasteiger partial charge in [-0.05, 0) is 0 Å². The Labute approximate surface area is 72.5 Å². The average Bonchev–Trinajstić information content (AvgIpc) is 1.00. The Morgan fingerprint density at radius 3 is 1.25 bits per heavy atom. The third kappa shape index (κ3) is 8.82. The number of rotatable bonds is 0. The summed E-state index contributed by atoms with van der Waals surface area (Å²) in [6.07, 6.45) is 0. The molecule has 0 unspecified atom stereocenters. The molecular weight excluding hydrogens is 419 g/mol. The predicted molar refractivity (Wildman–Crippen MR) is 25.6 cm³/mol. The molecule has 28 valence electrons. The van der Waals surface area contributed by atoms with E-state index in [0.29, 0.717) is 0 Å². The molecule has 2 radical (unpaired) electrons. The number of hydrogen-bond donors (Lipinski definition) is 0. The Bertz CT molecular complexity index is 8.00. The first-order chi connectivity index (χ1) is 1.00. The van der Waals surface area contributed by atoms with E-state index in [1.807, 2.05) is 21.5 Å². The fourth-order valence-corrected chi connectivity index (χ4v) is 0. The number of hydrogen-bond acceptors (Lipinski definition) is 0. The van der Waals surface area contributed by atoms with Gasteiger partial charge in [-0.15, -0.1) is 0 Å². The van der Waals surface area contributed by atoms with Crippen LogP contribution in [0.25, 0.3) is 0 Å². The molecule has 0 aromatic carbocycles. The average molecular weight is 425 g/mol. The molecule has 0 N–H and O–H groups in total. The van der Waals surface area contributed by atoms with E-state index in [1.165, 1.54) is 7.79 Å². The fraction of sp³-hybridized carbons (Fsp3) is 0. The van der Waals surface area contributed by atoms with Crippen molar-refractivity contribution in [1.82, 2.24) is 0 Å². The summed E-state index contributed by atoms with van der Waals surface area (Å²) in [5.41, 5.74) is 0. The van der Waals surface area contributed by atoms with Crippen LogP contribution in [-0.2, 0) is 17.1 Å². The summed E-state index contributed by atoms with van der Waals surface area (Å²) in [5.74, 6) is 0. The van der Waals surface area contributed by atoms with Crippen LogP contribution in [-0.4, -0.2) is 56.6 Å². The summed E-state index contributed by atoms with van der Waals surface area (Å²) in [7, 11) is 1.36. The van der Waals surface area contributed by atoms with Crippen molar-refractivity contribution in [1.29, 1.82) is 0 Å². The van der Waals surface area contributed by atoms with E-state index >= 15 is 0 Å². The van der Waals surface area contributed by atoms with E-state index in [2.05, 4.69) is 0 Å². The second kappa shape index (κ2) is 18.0. The first-order valence-electron chi connectivity index (χ1n) is 0.447. The van der Waals surface area contributed by atoms with Crippen molar-refractivity contribution in [3.8, 4) is 0 Å². The molecule has 0 atom stereocenters. The van der Waals surface area contributed by atoms with Gasteiger partial charge < -0.3 is 0 Å². The molecule has 4 heavy (non-hydrogen) atoms. The molecule has 0 aliphatic heterocycles. The standard InChI is InChI=1S/Fe.Pb.H4SiTe.2H/c;;1-2;;/h;;2H,1H3;;. The van der Waals surface area contributed by atoms with Crippen molar-refractivity contribution in [3.63, 3.8) is 0 Å². The molecule has 0 spiro atoms. The van der Waals surface area contributed by atoms with Crippen molar-refractivity contribution in [2.45, 2.75) is 0 Å². The zero-order valence-corrected chi connectivity index (χ0v) is 13.7. The zero-order chi connectivity index (χ0) is 2.00. The summed E-state index contributed by atoms with van der Waals surface area (Å²) < 4.78 is 0. The maximum absolute atomic E-state index is 1.89. The van der Waals surface area contributed by atoms with Gasteiger partial charge in [0.1, 0.15) is 0 Å². The normalized spacial score (nSPS) is 2.25. The van der Waals surface area contributed by atoms with Gasteiger partial charge in [-0.25, -0.2) is 0 Å². The molecule has 0 bridgehead atoms. The van der Waals surface area contributed by atoms with Crippen molar-refractivity contribution in [2.75, 3.05) is 0 Å². The van der Waals surface area contributed by atoms with Gasteiger partial charge in [0.2, 0.25) is 0 Å². The van der Waals surface area contributed by atoms with Crippen LogP contribution in [0.1, 0.15) is 0 Å². The van der Waals surface area contributed by atoms with Gasteiger partial charge in [0.05, 0.1) is 0 Å².